The second-order valence-electron chi connectivity index (χ2n) is 10.9. The number of fused-ring (bicyclic) bond motifs is 1. The molecule has 0 radical (unpaired) electrons. The molecule has 2 aliphatic rings. The summed E-state index contributed by atoms with van der Waals surface area (Å²) in [5.41, 5.74) is 3.65. The Morgan fingerprint density at radius 2 is 1.84 bits per heavy atom. The molecule has 3 aromatic rings. The van der Waals surface area contributed by atoms with Gasteiger partial charge in [-0.05, 0) is 87.7 Å². The zero-order chi connectivity index (χ0) is 30.7. The first-order chi connectivity index (χ1) is 20.8. The van der Waals surface area contributed by atoms with Crippen LogP contribution in [0, 0.1) is 0 Å². The molecule has 226 valence electrons. The van der Waals surface area contributed by atoms with Gasteiger partial charge in [0.05, 0.1) is 24.9 Å². The fourth-order valence-electron chi connectivity index (χ4n) is 5.96. The van der Waals surface area contributed by atoms with Crippen LogP contribution in [0.5, 0.6) is 5.75 Å². The van der Waals surface area contributed by atoms with E-state index < -0.39 is 5.97 Å². The number of amides is 2. The molecule has 0 saturated carbocycles. The van der Waals surface area contributed by atoms with E-state index in [1.165, 1.54) is 16.9 Å². The van der Waals surface area contributed by atoms with Crippen molar-refractivity contribution in [3.63, 3.8) is 0 Å². The molecule has 2 aromatic carbocycles. The van der Waals surface area contributed by atoms with E-state index in [-0.39, 0.29) is 41.8 Å². The second-order valence-corrected chi connectivity index (χ2v) is 11.2. The molecule has 2 saturated heterocycles. The van der Waals surface area contributed by atoms with Gasteiger partial charge in [-0.15, -0.1) is 0 Å². The predicted octanol–water partition coefficient (Wildman–Crippen LogP) is 5.15. The largest absolute Gasteiger partial charge is 0.494 e. The molecule has 5 rings (SSSR count). The normalized spacial score (nSPS) is 18.2. The minimum absolute atomic E-state index is 0.0846. The molecule has 0 bridgehead atoms. The van der Waals surface area contributed by atoms with E-state index in [0.717, 1.165) is 54.3 Å². The van der Waals surface area contributed by atoms with Gasteiger partial charge in [-0.1, -0.05) is 25.1 Å². The van der Waals surface area contributed by atoms with Crippen molar-refractivity contribution in [1.82, 2.24) is 14.4 Å². The maximum Gasteiger partial charge on any atom is 0.325 e. The number of ether oxygens (including phenoxy) is 2. The number of piperidine rings is 1. The molecule has 2 amide bonds. The molecule has 0 N–H and O–H groups in total. The number of hydrogen-bond donors (Lipinski definition) is 0. The Kier molecular flexibility index (Phi) is 9.15. The van der Waals surface area contributed by atoms with Crippen LogP contribution in [0.3, 0.4) is 0 Å². The number of methoxy groups -OCH3 is 1. The third-order valence-electron chi connectivity index (χ3n) is 8.17. The van der Waals surface area contributed by atoms with Crippen molar-refractivity contribution >= 4 is 57.8 Å². The van der Waals surface area contributed by atoms with Gasteiger partial charge >= 0.3 is 5.97 Å². The summed E-state index contributed by atoms with van der Waals surface area (Å²) in [7, 11) is 1.30. The molecule has 9 nitrogen and oxygen atoms in total. The van der Waals surface area contributed by atoms with Crippen molar-refractivity contribution in [3.8, 4) is 5.75 Å². The Morgan fingerprint density at radius 3 is 2.51 bits per heavy atom. The average molecular weight is 603 g/mol. The minimum atomic E-state index is -0.522. The summed E-state index contributed by atoms with van der Waals surface area (Å²) in [6, 6.07) is 13.4. The van der Waals surface area contributed by atoms with Gasteiger partial charge in [-0.3, -0.25) is 19.3 Å². The lowest BCUT2D eigenvalue weighted by Crippen LogP contribution is -2.43. The molecular weight excluding hydrogens is 564 g/mol. The lowest BCUT2D eigenvalue weighted by molar-refractivity contribution is -0.140. The molecule has 1 aromatic heterocycles. The summed E-state index contributed by atoms with van der Waals surface area (Å²) < 4.78 is 12.5. The first kappa shape index (κ1) is 30.3. The van der Waals surface area contributed by atoms with Crippen LogP contribution in [-0.2, 0) is 32.1 Å². The molecule has 2 aliphatic heterocycles. The number of rotatable bonds is 9. The molecule has 3 heterocycles. The van der Waals surface area contributed by atoms with Gasteiger partial charge in [0.25, 0.3) is 5.91 Å². The maximum absolute atomic E-state index is 14.0. The SMILES string of the molecule is CCOc1ccc(N2C(=O)/C(=C/c3cn(CC(=O)N4CCCC[C@H]4C)c4c(CC)cccc34)N(CC(=O)OC)C2=S)cc1. The lowest BCUT2D eigenvalue weighted by atomic mass is 10.0. The van der Waals surface area contributed by atoms with Crippen molar-refractivity contribution in [2.45, 2.75) is 59.0 Å². The highest BCUT2D eigenvalue weighted by Crippen LogP contribution is 2.33. The molecule has 10 heteroatoms. The topological polar surface area (TPSA) is 84.3 Å². The number of hydrogen-bond acceptors (Lipinski definition) is 6. The maximum atomic E-state index is 14.0. The number of thiocarbonyl (C=S) groups is 1. The van der Waals surface area contributed by atoms with Gasteiger partial charge in [-0.2, -0.15) is 0 Å². The first-order valence-corrected chi connectivity index (χ1v) is 15.3. The van der Waals surface area contributed by atoms with Crippen molar-refractivity contribution in [1.29, 1.82) is 0 Å². The zero-order valence-corrected chi connectivity index (χ0v) is 26.0. The van der Waals surface area contributed by atoms with Crippen molar-refractivity contribution in [3.05, 3.63) is 65.5 Å². The highest BCUT2D eigenvalue weighted by molar-refractivity contribution is 7.80. The highest BCUT2D eigenvalue weighted by Gasteiger charge is 2.40. The summed E-state index contributed by atoms with van der Waals surface area (Å²) >= 11 is 5.74. The van der Waals surface area contributed by atoms with Crippen LogP contribution in [0.1, 0.15) is 51.2 Å². The number of anilines is 1. The second kappa shape index (κ2) is 13.0. The quantitative estimate of drug-likeness (QED) is 0.190. The molecule has 0 spiro atoms. The fourth-order valence-corrected chi connectivity index (χ4v) is 6.31. The number of aryl methyl sites for hydroxylation is 1. The molecule has 43 heavy (non-hydrogen) atoms. The van der Waals surface area contributed by atoms with Crippen LogP contribution >= 0.6 is 12.2 Å². The number of likely N-dealkylation sites (tertiary alicyclic amines) is 1. The number of carbonyl (C=O) groups excluding carboxylic acids is 3. The highest BCUT2D eigenvalue weighted by atomic mass is 32.1. The smallest absolute Gasteiger partial charge is 0.325 e. The minimum Gasteiger partial charge on any atom is -0.494 e. The average Bonchev–Trinajstić information content (AvgIpc) is 3.47. The van der Waals surface area contributed by atoms with Gasteiger partial charge in [0, 0.05) is 29.7 Å². The van der Waals surface area contributed by atoms with Gasteiger partial charge in [0.2, 0.25) is 5.91 Å². The van der Waals surface area contributed by atoms with Crippen molar-refractivity contribution in [2.24, 2.45) is 0 Å². The number of nitrogens with zero attached hydrogens (tertiary/aromatic N) is 4. The van der Waals surface area contributed by atoms with E-state index in [1.807, 2.05) is 34.7 Å². The van der Waals surface area contributed by atoms with Crippen LogP contribution in [0.2, 0.25) is 0 Å². The first-order valence-electron chi connectivity index (χ1n) is 14.8. The summed E-state index contributed by atoms with van der Waals surface area (Å²) in [4.78, 5) is 44.8. The summed E-state index contributed by atoms with van der Waals surface area (Å²) in [6.07, 6.45) is 7.64. The Labute approximate surface area is 257 Å². The van der Waals surface area contributed by atoms with Crippen LogP contribution in [-0.4, -0.2) is 70.1 Å². The summed E-state index contributed by atoms with van der Waals surface area (Å²) in [5, 5.41) is 1.10. The standard InChI is InChI=1S/C33H38N4O5S/c1-5-23-11-9-12-27-24(19-34(31(23)27)20-29(38)35-17-8-7-10-22(35)3)18-28-32(40)37(33(43)36(28)21-30(39)41-4)25-13-15-26(16-14-25)42-6-2/h9,11-16,18-19,22H,5-8,10,17,20-21H2,1-4H3/b28-18-/t22-/m1/s1. The monoisotopic (exact) mass is 602 g/mol. The number of benzene rings is 2. The Morgan fingerprint density at radius 1 is 1.07 bits per heavy atom. The number of carbonyl (C=O) groups is 3. The lowest BCUT2D eigenvalue weighted by Gasteiger charge is -2.33. The molecular formula is C33H38N4O5S. The Bertz CT molecular complexity index is 1580. The molecule has 0 unspecified atom stereocenters. The van der Waals surface area contributed by atoms with Crippen molar-refractivity contribution < 1.29 is 23.9 Å². The van der Waals surface area contributed by atoms with Gasteiger partial charge in [0.1, 0.15) is 24.5 Å². The Balaban J connectivity index is 1.57. The molecule has 1 atom stereocenters. The fraction of sp³-hybridized carbons (Fsp3) is 0.394. The summed E-state index contributed by atoms with van der Waals surface area (Å²) in [6.45, 7) is 7.38. The number of aromatic nitrogens is 1. The van der Waals surface area contributed by atoms with E-state index >= 15 is 0 Å². The van der Waals surface area contributed by atoms with E-state index in [9.17, 15) is 14.4 Å². The van der Waals surface area contributed by atoms with E-state index in [4.69, 9.17) is 21.7 Å². The van der Waals surface area contributed by atoms with Gasteiger partial charge < -0.3 is 23.8 Å². The molecule has 2 fully saturated rings. The van der Waals surface area contributed by atoms with Crippen LogP contribution < -0.4 is 9.64 Å². The third-order valence-corrected chi connectivity index (χ3v) is 8.57. The zero-order valence-electron chi connectivity index (χ0n) is 25.2. The Hall–Kier alpha value is -4.18. The third kappa shape index (κ3) is 6.01. The van der Waals surface area contributed by atoms with Gasteiger partial charge in [0.15, 0.2) is 5.11 Å². The van der Waals surface area contributed by atoms with E-state index in [2.05, 4.69) is 19.9 Å². The number of para-hydroxylation sites is 1. The molecule has 0 aliphatic carbocycles. The van der Waals surface area contributed by atoms with Crippen molar-refractivity contribution in [2.75, 3.05) is 31.7 Å². The summed E-state index contributed by atoms with van der Waals surface area (Å²) in [5.74, 6) is -0.115. The van der Waals surface area contributed by atoms with Crippen LogP contribution in [0.25, 0.3) is 17.0 Å². The predicted molar refractivity (Wildman–Crippen MR) is 171 cm³/mol. The van der Waals surface area contributed by atoms with Crippen LogP contribution in [0.4, 0.5) is 5.69 Å². The van der Waals surface area contributed by atoms with E-state index in [1.54, 1.807) is 30.3 Å². The van der Waals surface area contributed by atoms with Gasteiger partial charge in [-0.25, -0.2) is 0 Å². The number of esters is 1. The van der Waals surface area contributed by atoms with Crippen LogP contribution in [0.15, 0.2) is 54.4 Å². The van der Waals surface area contributed by atoms with E-state index in [0.29, 0.717) is 18.0 Å².